The molecule has 0 bridgehead atoms. The molecule has 1 saturated heterocycles. The summed E-state index contributed by atoms with van der Waals surface area (Å²) in [6.45, 7) is 5.95. The van der Waals surface area contributed by atoms with E-state index in [1.165, 1.54) is 0 Å². The van der Waals surface area contributed by atoms with Gasteiger partial charge in [0.2, 0.25) is 6.29 Å². The molecule has 1 aliphatic heterocycles. The van der Waals surface area contributed by atoms with Gasteiger partial charge in [0, 0.05) is 5.57 Å². The van der Waals surface area contributed by atoms with Crippen molar-refractivity contribution < 1.29 is 23.7 Å². The number of benzene rings is 4. The van der Waals surface area contributed by atoms with Crippen LogP contribution in [-0.4, -0.2) is 31.2 Å². The smallest absolute Gasteiger partial charge is 0.225 e. The van der Waals surface area contributed by atoms with E-state index in [9.17, 15) is 0 Å². The van der Waals surface area contributed by atoms with Crippen molar-refractivity contribution in [2.75, 3.05) is 6.61 Å². The molecule has 0 aromatic heterocycles. The standard InChI is InChI=1S/C34H34O5/c1-26-32(36-23-28-16-8-3-9-17-28)33(37-24-29-18-10-4-11-19-29)31(25-35-22-27-14-6-2-7-15-27)39-34(26)38-30-20-12-5-13-21-30/h2-21,31-34H,1,22-25H2/t31-,32-,33-,34?/m1/s1. The van der Waals surface area contributed by atoms with Gasteiger partial charge in [-0.15, -0.1) is 0 Å². The minimum absolute atomic E-state index is 0.307. The number of hydrogen-bond donors (Lipinski definition) is 0. The summed E-state index contributed by atoms with van der Waals surface area (Å²) in [7, 11) is 0. The number of rotatable bonds is 12. The van der Waals surface area contributed by atoms with Crippen molar-refractivity contribution in [2.45, 2.75) is 44.4 Å². The lowest BCUT2D eigenvalue weighted by Crippen LogP contribution is -2.55. The molecule has 0 aliphatic carbocycles. The van der Waals surface area contributed by atoms with Crippen LogP contribution in [0.25, 0.3) is 0 Å². The Hall–Kier alpha value is -3.74. The summed E-state index contributed by atoms with van der Waals surface area (Å²) in [5.41, 5.74) is 3.90. The largest absolute Gasteiger partial charge is 0.461 e. The van der Waals surface area contributed by atoms with Crippen molar-refractivity contribution in [1.82, 2.24) is 0 Å². The molecule has 5 heteroatoms. The molecule has 39 heavy (non-hydrogen) atoms. The third-order valence-electron chi connectivity index (χ3n) is 6.57. The van der Waals surface area contributed by atoms with Crippen LogP contribution in [0.1, 0.15) is 16.7 Å². The van der Waals surface area contributed by atoms with E-state index < -0.39 is 24.6 Å². The lowest BCUT2D eigenvalue weighted by atomic mass is 9.96. The van der Waals surface area contributed by atoms with Gasteiger partial charge in [-0.05, 0) is 28.8 Å². The molecule has 1 aliphatic rings. The number of hydrogen-bond acceptors (Lipinski definition) is 5. The lowest BCUT2D eigenvalue weighted by molar-refractivity contribution is -0.228. The minimum Gasteiger partial charge on any atom is -0.461 e. The fourth-order valence-electron chi connectivity index (χ4n) is 4.51. The maximum atomic E-state index is 6.51. The molecule has 5 rings (SSSR count). The van der Waals surface area contributed by atoms with Gasteiger partial charge in [-0.25, -0.2) is 0 Å². The average Bonchev–Trinajstić information content (AvgIpc) is 2.99. The predicted molar refractivity (Wildman–Crippen MR) is 151 cm³/mol. The van der Waals surface area contributed by atoms with Gasteiger partial charge in [0.1, 0.15) is 24.1 Å². The van der Waals surface area contributed by atoms with Crippen LogP contribution in [0.3, 0.4) is 0 Å². The first-order chi connectivity index (χ1) is 19.3. The van der Waals surface area contributed by atoms with Crippen molar-refractivity contribution in [3.63, 3.8) is 0 Å². The van der Waals surface area contributed by atoms with Crippen LogP contribution in [-0.2, 0) is 38.8 Å². The summed E-state index contributed by atoms with van der Waals surface area (Å²) in [6, 6.07) is 39.8. The van der Waals surface area contributed by atoms with Crippen LogP contribution in [0.4, 0.5) is 0 Å². The van der Waals surface area contributed by atoms with E-state index in [0.717, 1.165) is 16.7 Å². The molecule has 0 N–H and O–H groups in total. The van der Waals surface area contributed by atoms with Gasteiger partial charge < -0.3 is 23.7 Å². The van der Waals surface area contributed by atoms with Gasteiger partial charge in [0.25, 0.3) is 0 Å². The number of para-hydroxylation sites is 1. The van der Waals surface area contributed by atoms with Crippen LogP contribution in [0.5, 0.6) is 5.75 Å². The van der Waals surface area contributed by atoms with Crippen molar-refractivity contribution in [1.29, 1.82) is 0 Å². The zero-order valence-electron chi connectivity index (χ0n) is 21.9. The molecule has 0 radical (unpaired) electrons. The highest BCUT2D eigenvalue weighted by atomic mass is 16.7. The van der Waals surface area contributed by atoms with E-state index in [-0.39, 0.29) is 0 Å². The summed E-state index contributed by atoms with van der Waals surface area (Å²) in [6.07, 6.45) is -2.08. The molecule has 0 amide bonds. The Labute approximate surface area is 230 Å². The molecule has 1 fully saturated rings. The van der Waals surface area contributed by atoms with Crippen molar-refractivity contribution in [3.05, 3.63) is 150 Å². The van der Waals surface area contributed by atoms with Crippen LogP contribution in [0.15, 0.2) is 133 Å². The molecule has 4 atom stereocenters. The highest BCUT2D eigenvalue weighted by Crippen LogP contribution is 2.32. The molecule has 5 nitrogen and oxygen atoms in total. The normalized spacial score (nSPS) is 21.0. The Morgan fingerprint density at radius 1 is 0.590 bits per heavy atom. The Morgan fingerprint density at radius 2 is 1.08 bits per heavy atom. The SMILES string of the molecule is C=C1C(Oc2ccccc2)O[C@H](COCc2ccccc2)[C@@H](OCc2ccccc2)[C@@H]1OCc1ccccc1. The molecular weight excluding hydrogens is 488 g/mol. The second-order valence-electron chi connectivity index (χ2n) is 9.49. The Bertz CT molecular complexity index is 1260. The molecule has 4 aromatic carbocycles. The van der Waals surface area contributed by atoms with Crippen LogP contribution >= 0.6 is 0 Å². The molecule has 0 saturated carbocycles. The maximum absolute atomic E-state index is 6.51. The Balaban J connectivity index is 1.37. The lowest BCUT2D eigenvalue weighted by Gasteiger charge is -2.42. The summed E-state index contributed by atoms with van der Waals surface area (Å²) in [4.78, 5) is 0. The maximum Gasteiger partial charge on any atom is 0.225 e. The third-order valence-corrected chi connectivity index (χ3v) is 6.57. The Kier molecular flexibility index (Phi) is 9.55. The van der Waals surface area contributed by atoms with E-state index >= 15 is 0 Å². The molecule has 1 unspecified atom stereocenters. The van der Waals surface area contributed by atoms with Gasteiger partial charge in [-0.1, -0.05) is 116 Å². The summed E-state index contributed by atoms with van der Waals surface area (Å²) in [5, 5.41) is 0. The van der Waals surface area contributed by atoms with E-state index in [2.05, 4.69) is 6.58 Å². The fourth-order valence-corrected chi connectivity index (χ4v) is 4.51. The quantitative estimate of drug-likeness (QED) is 0.193. The number of ether oxygens (including phenoxy) is 5. The highest BCUT2D eigenvalue weighted by molar-refractivity contribution is 5.24. The Morgan fingerprint density at radius 3 is 1.64 bits per heavy atom. The summed E-state index contributed by atoms with van der Waals surface area (Å²) < 4.78 is 31.9. The van der Waals surface area contributed by atoms with E-state index in [0.29, 0.717) is 37.8 Å². The first kappa shape index (κ1) is 26.9. The van der Waals surface area contributed by atoms with Gasteiger partial charge in [0.15, 0.2) is 0 Å². The van der Waals surface area contributed by atoms with Gasteiger partial charge in [-0.2, -0.15) is 0 Å². The summed E-state index contributed by atoms with van der Waals surface area (Å²) in [5.74, 6) is 0.693. The third kappa shape index (κ3) is 7.65. The van der Waals surface area contributed by atoms with E-state index in [1.54, 1.807) is 0 Å². The fraction of sp³-hybridized carbons (Fsp3) is 0.235. The molecule has 200 valence electrons. The van der Waals surface area contributed by atoms with Gasteiger partial charge in [0.05, 0.1) is 26.4 Å². The van der Waals surface area contributed by atoms with E-state index in [4.69, 9.17) is 23.7 Å². The molecule has 4 aromatic rings. The van der Waals surface area contributed by atoms with Crippen LogP contribution in [0.2, 0.25) is 0 Å². The second kappa shape index (κ2) is 13.9. The second-order valence-corrected chi connectivity index (χ2v) is 9.49. The monoisotopic (exact) mass is 522 g/mol. The zero-order valence-corrected chi connectivity index (χ0v) is 21.9. The molecule has 1 heterocycles. The van der Waals surface area contributed by atoms with Crippen molar-refractivity contribution in [2.24, 2.45) is 0 Å². The average molecular weight is 523 g/mol. The predicted octanol–water partition coefficient (Wildman–Crippen LogP) is 6.73. The topological polar surface area (TPSA) is 46.2 Å². The highest BCUT2D eigenvalue weighted by Gasteiger charge is 2.44. The van der Waals surface area contributed by atoms with Crippen LogP contribution < -0.4 is 4.74 Å². The van der Waals surface area contributed by atoms with Crippen molar-refractivity contribution >= 4 is 0 Å². The van der Waals surface area contributed by atoms with Gasteiger partial charge in [-0.3, -0.25) is 0 Å². The van der Waals surface area contributed by atoms with E-state index in [1.807, 2.05) is 121 Å². The van der Waals surface area contributed by atoms with Gasteiger partial charge >= 0.3 is 0 Å². The molecule has 0 spiro atoms. The summed E-state index contributed by atoms with van der Waals surface area (Å²) >= 11 is 0. The van der Waals surface area contributed by atoms with Crippen LogP contribution in [0, 0.1) is 0 Å². The first-order valence-corrected chi connectivity index (χ1v) is 13.2. The zero-order chi connectivity index (χ0) is 26.7. The minimum atomic E-state index is -0.713. The molecular formula is C34H34O5. The van der Waals surface area contributed by atoms with Crippen molar-refractivity contribution in [3.8, 4) is 5.75 Å². The first-order valence-electron chi connectivity index (χ1n) is 13.2.